The number of rotatable bonds is 2. The lowest BCUT2D eigenvalue weighted by Crippen LogP contribution is -2.28. The van der Waals surface area contributed by atoms with Crippen molar-refractivity contribution < 1.29 is 5.11 Å². The Labute approximate surface area is 97.9 Å². The van der Waals surface area contributed by atoms with Crippen molar-refractivity contribution in [3.05, 3.63) is 28.5 Å². The van der Waals surface area contributed by atoms with Crippen LogP contribution in [0.3, 0.4) is 0 Å². The summed E-state index contributed by atoms with van der Waals surface area (Å²) in [6.45, 7) is 2.80. The van der Waals surface area contributed by atoms with Gasteiger partial charge in [-0.1, -0.05) is 12.2 Å². The van der Waals surface area contributed by atoms with Crippen molar-refractivity contribution >= 4 is 15.9 Å². The van der Waals surface area contributed by atoms with Crippen LogP contribution in [0.2, 0.25) is 0 Å². The van der Waals surface area contributed by atoms with Gasteiger partial charge in [-0.25, -0.2) is 0 Å². The quantitative estimate of drug-likeness (QED) is 0.839. The molecule has 0 radical (unpaired) electrons. The lowest BCUT2D eigenvalue weighted by atomic mass is 9.88. The second-order valence-electron chi connectivity index (χ2n) is 3.88. The molecule has 1 unspecified atom stereocenters. The monoisotopic (exact) mass is 270 g/mol. The minimum absolute atomic E-state index is 0.772. The summed E-state index contributed by atoms with van der Waals surface area (Å²) in [5, 5.41) is 14.8. The van der Waals surface area contributed by atoms with Crippen molar-refractivity contribution in [1.29, 1.82) is 0 Å². The summed E-state index contributed by atoms with van der Waals surface area (Å²) in [5.74, 6) is 0. The third-order valence-corrected chi connectivity index (χ3v) is 3.41. The summed E-state index contributed by atoms with van der Waals surface area (Å²) in [4.78, 5) is 0. The fourth-order valence-electron chi connectivity index (χ4n) is 2.08. The third-order valence-electron chi connectivity index (χ3n) is 2.83. The van der Waals surface area contributed by atoms with Crippen molar-refractivity contribution in [2.24, 2.45) is 0 Å². The summed E-state index contributed by atoms with van der Waals surface area (Å²) in [7, 11) is 0. The summed E-state index contributed by atoms with van der Waals surface area (Å²) in [5.41, 5.74) is 0.0322. The molecule has 15 heavy (non-hydrogen) atoms. The second kappa shape index (κ2) is 4.10. The molecular formula is C11H15BrN2O. The highest BCUT2D eigenvalue weighted by Crippen LogP contribution is 2.36. The van der Waals surface area contributed by atoms with Gasteiger partial charge in [0.1, 0.15) is 5.60 Å². The van der Waals surface area contributed by atoms with Gasteiger partial charge in [0.25, 0.3) is 0 Å². The Morgan fingerprint density at radius 3 is 3.07 bits per heavy atom. The highest BCUT2D eigenvalue weighted by Gasteiger charge is 2.33. The first-order chi connectivity index (χ1) is 7.17. The fourth-order valence-corrected chi connectivity index (χ4v) is 2.72. The van der Waals surface area contributed by atoms with E-state index < -0.39 is 5.60 Å². The van der Waals surface area contributed by atoms with Gasteiger partial charge in [0, 0.05) is 6.54 Å². The molecule has 1 aliphatic rings. The molecule has 1 heterocycles. The second-order valence-corrected chi connectivity index (χ2v) is 4.73. The number of hydrogen-bond donors (Lipinski definition) is 1. The molecule has 3 nitrogen and oxygen atoms in total. The van der Waals surface area contributed by atoms with E-state index in [2.05, 4.69) is 21.0 Å². The van der Waals surface area contributed by atoms with Gasteiger partial charge >= 0.3 is 0 Å². The van der Waals surface area contributed by atoms with E-state index in [1.165, 1.54) is 0 Å². The number of nitrogens with zero attached hydrogens (tertiary/aromatic N) is 2. The maximum atomic E-state index is 10.5. The van der Waals surface area contributed by atoms with E-state index in [1.807, 2.05) is 23.8 Å². The first-order valence-corrected chi connectivity index (χ1v) is 6.08. The average molecular weight is 271 g/mol. The molecule has 0 spiro atoms. The van der Waals surface area contributed by atoms with E-state index in [-0.39, 0.29) is 0 Å². The van der Waals surface area contributed by atoms with E-state index in [0.29, 0.717) is 0 Å². The lowest BCUT2D eigenvalue weighted by molar-refractivity contribution is 0.0623. The standard InChI is InChI=1S/C11H15BrN2O/c1-2-14-10(9(12)8-13-14)11(15)6-4-3-5-7-11/h4,6,8,15H,2-3,5,7H2,1H3. The van der Waals surface area contributed by atoms with Gasteiger partial charge in [-0.2, -0.15) is 5.10 Å². The number of hydrogen-bond acceptors (Lipinski definition) is 2. The Hall–Kier alpha value is -0.610. The first kappa shape index (κ1) is 10.9. The van der Waals surface area contributed by atoms with Crippen molar-refractivity contribution in [1.82, 2.24) is 9.78 Å². The molecule has 2 rings (SSSR count). The van der Waals surface area contributed by atoms with Gasteiger partial charge in [0.05, 0.1) is 16.4 Å². The van der Waals surface area contributed by atoms with Crippen molar-refractivity contribution in [3.63, 3.8) is 0 Å². The van der Waals surface area contributed by atoms with Gasteiger partial charge in [-0.3, -0.25) is 4.68 Å². The normalized spacial score (nSPS) is 25.8. The minimum Gasteiger partial charge on any atom is -0.379 e. The Morgan fingerprint density at radius 1 is 1.67 bits per heavy atom. The number of aromatic nitrogens is 2. The van der Waals surface area contributed by atoms with E-state index in [4.69, 9.17) is 0 Å². The molecule has 0 amide bonds. The molecule has 82 valence electrons. The summed E-state index contributed by atoms with van der Waals surface area (Å²) >= 11 is 3.45. The maximum Gasteiger partial charge on any atom is 0.125 e. The minimum atomic E-state index is -0.844. The van der Waals surface area contributed by atoms with Crippen LogP contribution in [0.5, 0.6) is 0 Å². The van der Waals surface area contributed by atoms with E-state index >= 15 is 0 Å². The predicted octanol–water partition coefficient (Wildman–Crippen LogP) is 2.59. The summed E-state index contributed by atoms with van der Waals surface area (Å²) < 4.78 is 2.73. The Morgan fingerprint density at radius 2 is 2.47 bits per heavy atom. The average Bonchev–Trinajstić information content (AvgIpc) is 2.61. The van der Waals surface area contributed by atoms with Crippen LogP contribution in [0, 0.1) is 0 Å². The van der Waals surface area contributed by atoms with Crippen LogP contribution in [0.25, 0.3) is 0 Å². The van der Waals surface area contributed by atoms with E-state index in [9.17, 15) is 5.11 Å². The Balaban J connectivity index is 2.46. The van der Waals surface area contributed by atoms with Crippen LogP contribution >= 0.6 is 15.9 Å². The summed E-state index contributed by atoms with van der Waals surface area (Å²) in [6.07, 6.45) is 8.54. The first-order valence-electron chi connectivity index (χ1n) is 5.29. The number of aryl methyl sites for hydroxylation is 1. The Kier molecular flexibility index (Phi) is 2.98. The van der Waals surface area contributed by atoms with Gasteiger partial charge in [-0.05, 0) is 42.1 Å². The molecule has 1 atom stereocenters. The molecule has 0 aromatic carbocycles. The lowest BCUT2D eigenvalue weighted by Gasteiger charge is -2.28. The predicted molar refractivity (Wildman–Crippen MR) is 62.5 cm³/mol. The SMILES string of the molecule is CCn1ncc(Br)c1C1(O)C=CCCC1. The van der Waals surface area contributed by atoms with Crippen LogP contribution in [0.4, 0.5) is 0 Å². The topological polar surface area (TPSA) is 38.0 Å². The number of allylic oxidation sites excluding steroid dienone is 1. The molecule has 1 aromatic heterocycles. The summed E-state index contributed by atoms with van der Waals surface area (Å²) in [6, 6.07) is 0. The smallest absolute Gasteiger partial charge is 0.125 e. The van der Waals surface area contributed by atoms with Crippen molar-refractivity contribution in [2.45, 2.75) is 38.3 Å². The molecule has 0 aliphatic heterocycles. The zero-order valence-corrected chi connectivity index (χ0v) is 10.4. The molecule has 4 heteroatoms. The molecule has 1 aromatic rings. The van der Waals surface area contributed by atoms with Crippen LogP contribution in [-0.2, 0) is 12.1 Å². The number of aliphatic hydroxyl groups is 1. The molecule has 1 aliphatic carbocycles. The molecule has 0 fully saturated rings. The van der Waals surface area contributed by atoms with E-state index in [1.54, 1.807) is 6.20 Å². The van der Waals surface area contributed by atoms with Crippen LogP contribution in [0.15, 0.2) is 22.8 Å². The Bertz CT molecular complexity index is 386. The third kappa shape index (κ3) is 1.88. The largest absolute Gasteiger partial charge is 0.379 e. The highest BCUT2D eigenvalue weighted by molar-refractivity contribution is 9.10. The molecule has 0 saturated heterocycles. The highest BCUT2D eigenvalue weighted by atomic mass is 79.9. The number of halogens is 1. The van der Waals surface area contributed by atoms with Crippen molar-refractivity contribution in [2.75, 3.05) is 0 Å². The molecular weight excluding hydrogens is 256 g/mol. The zero-order chi connectivity index (χ0) is 10.9. The van der Waals surface area contributed by atoms with Crippen LogP contribution < -0.4 is 0 Å². The van der Waals surface area contributed by atoms with Crippen LogP contribution in [-0.4, -0.2) is 14.9 Å². The van der Waals surface area contributed by atoms with Gasteiger partial charge in [0.2, 0.25) is 0 Å². The van der Waals surface area contributed by atoms with Gasteiger partial charge in [-0.15, -0.1) is 0 Å². The van der Waals surface area contributed by atoms with E-state index in [0.717, 1.165) is 36.0 Å². The van der Waals surface area contributed by atoms with Gasteiger partial charge < -0.3 is 5.11 Å². The molecule has 0 saturated carbocycles. The zero-order valence-electron chi connectivity index (χ0n) is 8.78. The van der Waals surface area contributed by atoms with Crippen molar-refractivity contribution in [3.8, 4) is 0 Å². The fraction of sp³-hybridized carbons (Fsp3) is 0.545. The molecule has 0 bridgehead atoms. The molecule has 1 N–H and O–H groups in total. The van der Waals surface area contributed by atoms with Gasteiger partial charge in [0.15, 0.2) is 0 Å². The van der Waals surface area contributed by atoms with Crippen LogP contribution in [0.1, 0.15) is 31.9 Å². The maximum absolute atomic E-state index is 10.5.